The van der Waals surface area contributed by atoms with Crippen LogP contribution in [0.15, 0.2) is 4.99 Å². The fourth-order valence-electron chi connectivity index (χ4n) is 2.23. The van der Waals surface area contributed by atoms with Gasteiger partial charge in [-0.15, -0.1) is 0 Å². The van der Waals surface area contributed by atoms with E-state index in [9.17, 15) is 0 Å². The van der Waals surface area contributed by atoms with Crippen LogP contribution in [-0.2, 0) is 0 Å². The van der Waals surface area contributed by atoms with Gasteiger partial charge in [0.05, 0.1) is 0 Å². The highest BCUT2D eigenvalue weighted by atomic mass is 32.2. The number of rotatable bonds is 0. The van der Waals surface area contributed by atoms with Crippen LogP contribution in [0.4, 0.5) is 0 Å². The molecule has 2 atom stereocenters. The van der Waals surface area contributed by atoms with E-state index < -0.39 is 0 Å². The van der Waals surface area contributed by atoms with Crippen LogP contribution in [0.1, 0.15) is 25.7 Å². The Hall–Kier alpha value is -0.180. The van der Waals surface area contributed by atoms with Gasteiger partial charge in [-0.1, -0.05) is 24.6 Å². The van der Waals surface area contributed by atoms with Gasteiger partial charge in [0, 0.05) is 25.4 Å². The van der Waals surface area contributed by atoms with Crippen LogP contribution in [0, 0.1) is 0 Å². The summed E-state index contributed by atoms with van der Waals surface area (Å²) >= 11 is 1.98. The van der Waals surface area contributed by atoms with Crippen LogP contribution < -0.4 is 0 Å². The molecule has 1 aliphatic heterocycles. The lowest BCUT2D eigenvalue weighted by Gasteiger charge is -2.28. The number of thioether (sulfide) groups is 1. The predicted molar refractivity (Wildman–Crippen MR) is 54.8 cm³/mol. The van der Waals surface area contributed by atoms with Crippen molar-refractivity contribution in [1.82, 2.24) is 4.90 Å². The lowest BCUT2D eigenvalue weighted by Crippen LogP contribution is -2.35. The zero-order chi connectivity index (χ0) is 8.55. The molecule has 0 radical (unpaired) electrons. The van der Waals surface area contributed by atoms with Crippen molar-refractivity contribution < 1.29 is 0 Å². The standard InChI is InChI=1S/C9H16N2S/c1-10-9-11(2)7-5-3-4-6-8(7)12-9/h7-8H,3-6H2,1-2H3/b10-9+/t7?,8-/m0/s1. The SMILES string of the molecule is C/N=C1/S[C@H]2CCCCC2N1C. The summed E-state index contributed by atoms with van der Waals surface area (Å²) in [6, 6.07) is 0.780. The third-order valence-corrected chi connectivity index (χ3v) is 4.45. The molecule has 0 spiro atoms. The first kappa shape index (κ1) is 8.42. The van der Waals surface area contributed by atoms with Gasteiger partial charge in [0.15, 0.2) is 5.17 Å². The minimum absolute atomic E-state index is 0.780. The molecule has 12 heavy (non-hydrogen) atoms. The van der Waals surface area contributed by atoms with Crippen molar-refractivity contribution in [2.24, 2.45) is 4.99 Å². The molecule has 1 unspecified atom stereocenters. The summed E-state index contributed by atoms with van der Waals surface area (Å²) in [5.41, 5.74) is 0. The number of nitrogens with zero attached hydrogens (tertiary/aromatic N) is 2. The molecule has 0 bridgehead atoms. The van der Waals surface area contributed by atoms with E-state index in [-0.39, 0.29) is 0 Å². The van der Waals surface area contributed by atoms with Crippen molar-refractivity contribution in [2.75, 3.05) is 14.1 Å². The Bertz CT molecular complexity index is 203. The summed E-state index contributed by atoms with van der Waals surface area (Å²) in [7, 11) is 4.08. The first-order valence-electron chi connectivity index (χ1n) is 4.69. The van der Waals surface area contributed by atoms with Gasteiger partial charge in [-0.3, -0.25) is 4.99 Å². The van der Waals surface area contributed by atoms with Crippen molar-refractivity contribution in [3.05, 3.63) is 0 Å². The molecule has 0 aromatic rings. The molecule has 0 N–H and O–H groups in total. The Morgan fingerprint density at radius 2 is 2.17 bits per heavy atom. The van der Waals surface area contributed by atoms with Gasteiger partial charge < -0.3 is 4.90 Å². The molecular weight excluding hydrogens is 168 g/mol. The van der Waals surface area contributed by atoms with Crippen LogP contribution >= 0.6 is 11.8 Å². The summed E-state index contributed by atoms with van der Waals surface area (Å²) in [5.74, 6) is 0. The predicted octanol–water partition coefficient (Wildman–Crippen LogP) is 1.96. The second-order valence-electron chi connectivity index (χ2n) is 3.63. The first-order chi connectivity index (χ1) is 5.83. The Balaban J connectivity index is 2.13. The van der Waals surface area contributed by atoms with Crippen molar-refractivity contribution in [3.63, 3.8) is 0 Å². The first-order valence-corrected chi connectivity index (χ1v) is 5.57. The lowest BCUT2D eigenvalue weighted by molar-refractivity contribution is 0.302. The molecule has 2 aliphatic rings. The molecule has 0 amide bonds. The highest BCUT2D eigenvalue weighted by Crippen LogP contribution is 2.39. The van der Waals surface area contributed by atoms with Gasteiger partial charge >= 0.3 is 0 Å². The van der Waals surface area contributed by atoms with E-state index in [4.69, 9.17) is 0 Å². The number of hydrogen-bond acceptors (Lipinski definition) is 2. The van der Waals surface area contributed by atoms with E-state index in [2.05, 4.69) is 16.9 Å². The summed E-state index contributed by atoms with van der Waals surface area (Å²) < 4.78 is 0. The fourth-order valence-corrected chi connectivity index (χ4v) is 3.67. The quantitative estimate of drug-likeness (QED) is 0.572. The van der Waals surface area contributed by atoms with Gasteiger partial charge in [-0.25, -0.2) is 0 Å². The second kappa shape index (κ2) is 3.29. The number of aliphatic imine (C=N–C) groups is 1. The van der Waals surface area contributed by atoms with E-state index in [1.807, 2.05) is 18.8 Å². The molecule has 2 nitrogen and oxygen atoms in total. The lowest BCUT2D eigenvalue weighted by atomic mass is 9.94. The number of amidine groups is 1. The molecule has 68 valence electrons. The van der Waals surface area contributed by atoms with Gasteiger partial charge in [0.1, 0.15) is 0 Å². The van der Waals surface area contributed by atoms with E-state index in [1.165, 1.54) is 30.9 Å². The maximum absolute atomic E-state index is 4.30. The highest BCUT2D eigenvalue weighted by Gasteiger charge is 2.37. The zero-order valence-corrected chi connectivity index (χ0v) is 8.60. The maximum atomic E-state index is 4.30. The minimum atomic E-state index is 0.780. The Morgan fingerprint density at radius 3 is 2.83 bits per heavy atom. The monoisotopic (exact) mass is 184 g/mol. The minimum Gasteiger partial charge on any atom is -0.350 e. The molecule has 0 aromatic heterocycles. The molecule has 1 saturated heterocycles. The maximum Gasteiger partial charge on any atom is 0.159 e. The van der Waals surface area contributed by atoms with Crippen LogP contribution in [0.3, 0.4) is 0 Å². The summed E-state index contributed by atoms with van der Waals surface area (Å²) in [5, 5.41) is 2.08. The van der Waals surface area contributed by atoms with Crippen molar-refractivity contribution in [2.45, 2.75) is 37.0 Å². The summed E-state index contributed by atoms with van der Waals surface area (Å²) in [6.07, 6.45) is 5.58. The van der Waals surface area contributed by atoms with E-state index >= 15 is 0 Å². The molecule has 1 aliphatic carbocycles. The van der Waals surface area contributed by atoms with Gasteiger partial charge in [-0.2, -0.15) is 0 Å². The Morgan fingerprint density at radius 1 is 1.42 bits per heavy atom. The molecule has 1 heterocycles. The Kier molecular flexibility index (Phi) is 2.31. The Labute approximate surface area is 78.4 Å². The topological polar surface area (TPSA) is 15.6 Å². The van der Waals surface area contributed by atoms with Crippen LogP contribution in [0.2, 0.25) is 0 Å². The van der Waals surface area contributed by atoms with Crippen LogP contribution in [0.25, 0.3) is 0 Å². The molecule has 2 fully saturated rings. The number of hydrogen-bond donors (Lipinski definition) is 0. The molecule has 3 heteroatoms. The fraction of sp³-hybridized carbons (Fsp3) is 0.889. The van der Waals surface area contributed by atoms with E-state index in [0.29, 0.717) is 0 Å². The molecular formula is C9H16N2S. The normalized spacial score (nSPS) is 38.8. The van der Waals surface area contributed by atoms with Gasteiger partial charge in [0.25, 0.3) is 0 Å². The van der Waals surface area contributed by atoms with E-state index in [1.54, 1.807) is 0 Å². The van der Waals surface area contributed by atoms with Crippen LogP contribution in [-0.4, -0.2) is 35.5 Å². The van der Waals surface area contributed by atoms with Gasteiger partial charge in [0.2, 0.25) is 0 Å². The molecule has 2 rings (SSSR count). The molecule has 1 saturated carbocycles. The third-order valence-electron chi connectivity index (χ3n) is 2.91. The largest absolute Gasteiger partial charge is 0.350 e. The zero-order valence-electron chi connectivity index (χ0n) is 7.79. The van der Waals surface area contributed by atoms with Gasteiger partial charge in [-0.05, 0) is 12.8 Å². The van der Waals surface area contributed by atoms with Crippen molar-refractivity contribution in [1.29, 1.82) is 0 Å². The van der Waals surface area contributed by atoms with Crippen molar-refractivity contribution >= 4 is 16.9 Å². The smallest absolute Gasteiger partial charge is 0.159 e. The summed E-state index contributed by atoms with van der Waals surface area (Å²) in [6.45, 7) is 0. The highest BCUT2D eigenvalue weighted by molar-refractivity contribution is 8.14. The molecule has 0 aromatic carbocycles. The average molecular weight is 184 g/mol. The average Bonchev–Trinajstić information content (AvgIpc) is 2.44. The second-order valence-corrected chi connectivity index (χ2v) is 4.83. The van der Waals surface area contributed by atoms with Crippen molar-refractivity contribution in [3.8, 4) is 0 Å². The van der Waals surface area contributed by atoms with Crippen LogP contribution in [0.5, 0.6) is 0 Å². The third kappa shape index (κ3) is 1.24. The number of fused-ring (bicyclic) bond motifs is 1. The summed E-state index contributed by atoms with van der Waals surface area (Å²) in [4.78, 5) is 6.67. The van der Waals surface area contributed by atoms with E-state index in [0.717, 1.165) is 11.3 Å².